The molecule has 0 aromatic heterocycles. The van der Waals surface area contributed by atoms with Crippen LogP contribution in [0.15, 0.2) is 18.2 Å². The molecule has 1 aromatic rings. The molecule has 22 heavy (non-hydrogen) atoms. The Morgan fingerprint density at radius 2 is 1.86 bits per heavy atom. The van der Waals surface area contributed by atoms with Gasteiger partial charge in [0.05, 0.1) is 5.56 Å². The van der Waals surface area contributed by atoms with Gasteiger partial charge in [-0.1, -0.05) is 5.92 Å². The molecular formula is C16H18F3NO2. The van der Waals surface area contributed by atoms with Gasteiger partial charge in [0.25, 0.3) is 0 Å². The van der Waals surface area contributed by atoms with Crippen LogP contribution in [-0.4, -0.2) is 23.6 Å². The van der Waals surface area contributed by atoms with Crippen molar-refractivity contribution >= 4 is 6.09 Å². The highest BCUT2D eigenvalue weighted by molar-refractivity contribution is 5.67. The molecule has 0 aliphatic heterocycles. The second kappa shape index (κ2) is 6.30. The molecule has 0 atom stereocenters. The average molecular weight is 313 g/mol. The highest BCUT2D eigenvalue weighted by atomic mass is 19.4. The number of halogens is 3. The van der Waals surface area contributed by atoms with E-state index < -0.39 is 23.4 Å². The maximum atomic E-state index is 12.8. The number of ether oxygens (including phenoxy) is 1. The average Bonchev–Trinajstić information content (AvgIpc) is 2.35. The number of benzene rings is 1. The number of hydrogen-bond donors (Lipinski definition) is 0. The van der Waals surface area contributed by atoms with Crippen molar-refractivity contribution in [1.82, 2.24) is 4.90 Å². The monoisotopic (exact) mass is 313 g/mol. The van der Waals surface area contributed by atoms with Crippen LogP contribution in [0.5, 0.6) is 0 Å². The van der Waals surface area contributed by atoms with E-state index >= 15 is 0 Å². The second-order valence-electron chi connectivity index (χ2n) is 5.90. The molecule has 0 spiro atoms. The third-order valence-corrected chi connectivity index (χ3v) is 2.61. The fraction of sp³-hybridized carbons (Fsp3) is 0.438. The Hall–Kier alpha value is -2.16. The first-order valence-electron chi connectivity index (χ1n) is 6.54. The minimum absolute atomic E-state index is 0.0342. The first-order chi connectivity index (χ1) is 9.92. The van der Waals surface area contributed by atoms with Gasteiger partial charge < -0.3 is 9.64 Å². The molecule has 3 nitrogen and oxygen atoms in total. The molecule has 1 amide bonds. The van der Waals surface area contributed by atoms with Crippen molar-refractivity contribution in [1.29, 1.82) is 0 Å². The maximum Gasteiger partial charge on any atom is 0.416 e. The van der Waals surface area contributed by atoms with Crippen molar-refractivity contribution in [3.63, 3.8) is 0 Å². The summed E-state index contributed by atoms with van der Waals surface area (Å²) in [4.78, 5) is 13.0. The minimum atomic E-state index is -4.49. The van der Waals surface area contributed by atoms with E-state index in [2.05, 4.69) is 5.92 Å². The fourth-order valence-electron chi connectivity index (χ4n) is 1.71. The number of nitrogens with zero attached hydrogens (tertiary/aromatic N) is 1. The Kier molecular flexibility index (Phi) is 5.13. The van der Waals surface area contributed by atoms with E-state index in [1.807, 2.05) is 0 Å². The predicted octanol–water partition coefficient (Wildman–Crippen LogP) is 4.05. The Bertz CT molecular complexity index is 595. The van der Waals surface area contributed by atoms with Gasteiger partial charge in [0.2, 0.25) is 0 Å². The van der Waals surface area contributed by atoms with Crippen molar-refractivity contribution in [3.05, 3.63) is 34.9 Å². The summed E-state index contributed by atoms with van der Waals surface area (Å²) in [6.45, 7) is 5.09. The molecule has 0 aliphatic carbocycles. The van der Waals surface area contributed by atoms with Crippen LogP contribution in [-0.2, 0) is 17.5 Å². The van der Waals surface area contributed by atoms with Crippen LogP contribution in [0.4, 0.5) is 18.0 Å². The van der Waals surface area contributed by atoms with Gasteiger partial charge in [0.1, 0.15) is 5.60 Å². The molecule has 0 aliphatic rings. The van der Waals surface area contributed by atoms with Crippen molar-refractivity contribution in [2.24, 2.45) is 0 Å². The van der Waals surface area contributed by atoms with Crippen LogP contribution in [0, 0.1) is 12.3 Å². The van der Waals surface area contributed by atoms with Crippen molar-refractivity contribution in [2.75, 3.05) is 7.05 Å². The summed E-state index contributed by atoms with van der Waals surface area (Å²) in [5, 5.41) is 0. The predicted molar refractivity (Wildman–Crippen MR) is 77.1 cm³/mol. The van der Waals surface area contributed by atoms with Gasteiger partial charge in [-0.25, -0.2) is 4.79 Å². The standard InChI is InChI=1S/C16H18F3NO2/c1-6-11-7-12(9-13(8-11)16(17,18)19)10-20(5)14(21)22-15(2,3)4/h1,7-9H,10H2,2-5H3. The molecule has 0 unspecified atom stereocenters. The van der Waals surface area contributed by atoms with Gasteiger partial charge in [0, 0.05) is 19.2 Å². The maximum absolute atomic E-state index is 12.8. The highest BCUT2D eigenvalue weighted by Crippen LogP contribution is 2.31. The highest BCUT2D eigenvalue weighted by Gasteiger charge is 2.31. The Labute approximate surface area is 128 Å². The smallest absolute Gasteiger partial charge is 0.416 e. The molecule has 0 saturated heterocycles. The summed E-state index contributed by atoms with van der Waals surface area (Å²) in [5.41, 5.74) is -1.11. The summed E-state index contributed by atoms with van der Waals surface area (Å²) < 4.78 is 43.6. The SMILES string of the molecule is C#Cc1cc(CN(C)C(=O)OC(C)(C)C)cc(C(F)(F)F)c1. The number of amides is 1. The summed E-state index contributed by atoms with van der Waals surface area (Å²) >= 11 is 0. The van der Waals surface area contributed by atoms with Crippen LogP contribution < -0.4 is 0 Å². The van der Waals surface area contributed by atoms with Gasteiger partial charge in [0.15, 0.2) is 0 Å². The summed E-state index contributed by atoms with van der Waals surface area (Å²) in [7, 11) is 1.45. The first-order valence-corrected chi connectivity index (χ1v) is 6.54. The molecule has 0 heterocycles. The van der Waals surface area contributed by atoms with E-state index in [-0.39, 0.29) is 17.7 Å². The number of carbonyl (C=O) groups is 1. The first kappa shape index (κ1) is 17.9. The van der Waals surface area contributed by atoms with E-state index in [0.717, 1.165) is 12.1 Å². The van der Waals surface area contributed by atoms with E-state index in [1.165, 1.54) is 18.0 Å². The lowest BCUT2D eigenvalue weighted by atomic mass is 10.1. The van der Waals surface area contributed by atoms with Crippen molar-refractivity contribution < 1.29 is 22.7 Å². The van der Waals surface area contributed by atoms with Gasteiger partial charge in [-0.2, -0.15) is 13.2 Å². The Morgan fingerprint density at radius 3 is 2.32 bits per heavy atom. The third kappa shape index (κ3) is 5.32. The zero-order valence-corrected chi connectivity index (χ0v) is 12.9. The van der Waals surface area contributed by atoms with E-state index in [9.17, 15) is 18.0 Å². The summed E-state index contributed by atoms with van der Waals surface area (Å²) in [5.74, 6) is 2.19. The van der Waals surface area contributed by atoms with Crippen LogP contribution >= 0.6 is 0 Å². The molecule has 1 aromatic carbocycles. The molecule has 0 N–H and O–H groups in total. The molecule has 0 saturated carbocycles. The Balaban J connectivity index is 2.98. The van der Waals surface area contributed by atoms with Gasteiger partial charge in [-0.05, 0) is 44.5 Å². The second-order valence-corrected chi connectivity index (χ2v) is 5.90. The van der Waals surface area contributed by atoms with Crippen molar-refractivity contribution in [2.45, 2.75) is 39.1 Å². The van der Waals surface area contributed by atoms with Crippen LogP contribution in [0.2, 0.25) is 0 Å². The molecule has 0 bridgehead atoms. The summed E-state index contributed by atoms with van der Waals surface area (Å²) in [6, 6.07) is 3.31. The Morgan fingerprint density at radius 1 is 1.27 bits per heavy atom. The van der Waals surface area contributed by atoms with Crippen LogP contribution in [0.1, 0.15) is 37.5 Å². The van der Waals surface area contributed by atoms with E-state index in [0.29, 0.717) is 0 Å². The van der Waals surface area contributed by atoms with E-state index in [4.69, 9.17) is 11.2 Å². The number of hydrogen-bond acceptors (Lipinski definition) is 2. The van der Waals surface area contributed by atoms with Gasteiger partial charge in [-0.3, -0.25) is 0 Å². The number of rotatable bonds is 2. The number of terminal acetylenes is 1. The molecule has 6 heteroatoms. The number of carbonyl (C=O) groups excluding carboxylic acids is 1. The normalized spacial score (nSPS) is 11.7. The fourth-order valence-corrected chi connectivity index (χ4v) is 1.71. The van der Waals surface area contributed by atoms with E-state index in [1.54, 1.807) is 20.8 Å². The lowest BCUT2D eigenvalue weighted by molar-refractivity contribution is -0.137. The molecule has 120 valence electrons. The zero-order valence-electron chi connectivity index (χ0n) is 12.9. The topological polar surface area (TPSA) is 29.5 Å². The van der Waals surface area contributed by atoms with Crippen LogP contribution in [0.3, 0.4) is 0 Å². The third-order valence-electron chi connectivity index (χ3n) is 2.61. The molecule has 0 fully saturated rings. The summed E-state index contributed by atoms with van der Waals surface area (Å²) in [6.07, 6.45) is 0.0699. The minimum Gasteiger partial charge on any atom is -0.444 e. The zero-order chi connectivity index (χ0) is 17.1. The van der Waals surface area contributed by atoms with Crippen LogP contribution in [0.25, 0.3) is 0 Å². The number of alkyl halides is 3. The molecular weight excluding hydrogens is 295 g/mol. The molecule has 1 rings (SSSR count). The van der Waals surface area contributed by atoms with Crippen molar-refractivity contribution in [3.8, 4) is 12.3 Å². The molecule has 0 radical (unpaired) electrons. The quantitative estimate of drug-likeness (QED) is 0.771. The lowest BCUT2D eigenvalue weighted by Crippen LogP contribution is -2.33. The largest absolute Gasteiger partial charge is 0.444 e. The van der Waals surface area contributed by atoms with Gasteiger partial charge >= 0.3 is 12.3 Å². The lowest BCUT2D eigenvalue weighted by Gasteiger charge is -2.25. The van der Waals surface area contributed by atoms with Gasteiger partial charge in [-0.15, -0.1) is 6.42 Å².